The number of nitrogens with one attached hydrogen (secondary N) is 1. The van der Waals surface area contributed by atoms with Crippen molar-refractivity contribution in [2.75, 3.05) is 19.6 Å². The van der Waals surface area contributed by atoms with Crippen LogP contribution in [-0.4, -0.2) is 30.6 Å². The highest BCUT2D eigenvalue weighted by atomic mass is 35.5. The van der Waals surface area contributed by atoms with Crippen molar-refractivity contribution in [2.45, 2.75) is 39.3 Å². The highest BCUT2D eigenvalue weighted by molar-refractivity contribution is 6.30. The Morgan fingerprint density at radius 3 is 2.65 bits per heavy atom. The maximum absolute atomic E-state index is 13.6. The first kappa shape index (κ1) is 15.7. The zero-order valence-corrected chi connectivity index (χ0v) is 13.1. The number of hydrogen-bond donors (Lipinski definition) is 1. The molecule has 2 rings (SSSR count). The van der Waals surface area contributed by atoms with Crippen LogP contribution in [0.4, 0.5) is 4.39 Å². The second-order valence-electron chi connectivity index (χ2n) is 5.92. The molecule has 0 saturated carbocycles. The third kappa shape index (κ3) is 4.18. The van der Waals surface area contributed by atoms with Crippen molar-refractivity contribution in [3.8, 4) is 0 Å². The predicted molar refractivity (Wildman–Crippen MR) is 82.5 cm³/mol. The molecule has 1 aromatic carbocycles. The Labute approximate surface area is 126 Å². The van der Waals surface area contributed by atoms with E-state index in [0.29, 0.717) is 29.1 Å². The van der Waals surface area contributed by atoms with E-state index in [-0.39, 0.29) is 5.82 Å². The van der Waals surface area contributed by atoms with Crippen molar-refractivity contribution in [1.29, 1.82) is 0 Å². The molecule has 112 valence electrons. The summed E-state index contributed by atoms with van der Waals surface area (Å²) < 4.78 is 13.6. The Hall–Kier alpha value is -0.640. The van der Waals surface area contributed by atoms with Gasteiger partial charge < -0.3 is 5.32 Å². The van der Waals surface area contributed by atoms with E-state index >= 15 is 0 Å². The van der Waals surface area contributed by atoms with Gasteiger partial charge in [0.2, 0.25) is 0 Å². The van der Waals surface area contributed by atoms with Crippen LogP contribution in [0.5, 0.6) is 0 Å². The highest BCUT2D eigenvalue weighted by Gasteiger charge is 2.24. The van der Waals surface area contributed by atoms with Gasteiger partial charge in [0.15, 0.2) is 0 Å². The summed E-state index contributed by atoms with van der Waals surface area (Å²) in [6, 6.07) is 5.24. The number of likely N-dealkylation sites (tertiary alicyclic amines) is 1. The fourth-order valence-corrected chi connectivity index (χ4v) is 3.09. The van der Waals surface area contributed by atoms with Gasteiger partial charge in [-0.3, -0.25) is 4.90 Å². The fourth-order valence-electron chi connectivity index (χ4n) is 2.89. The van der Waals surface area contributed by atoms with Crippen molar-refractivity contribution in [3.05, 3.63) is 34.6 Å². The van der Waals surface area contributed by atoms with Gasteiger partial charge >= 0.3 is 0 Å². The first-order chi connectivity index (χ1) is 9.58. The van der Waals surface area contributed by atoms with Crippen LogP contribution >= 0.6 is 11.6 Å². The van der Waals surface area contributed by atoms with Crippen LogP contribution in [0.15, 0.2) is 18.2 Å². The summed E-state index contributed by atoms with van der Waals surface area (Å²) in [7, 11) is 0. The second-order valence-corrected chi connectivity index (χ2v) is 6.36. The first-order valence-electron chi connectivity index (χ1n) is 7.46. The maximum Gasteiger partial charge on any atom is 0.127 e. The van der Waals surface area contributed by atoms with E-state index in [2.05, 4.69) is 24.1 Å². The fraction of sp³-hybridized carbons (Fsp3) is 0.625. The molecular formula is C16H24ClFN2. The molecule has 4 heteroatoms. The van der Waals surface area contributed by atoms with E-state index in [9.17, 15) is 4.39 Å². The lowest BCUT2D eigenvalue weighted by Gasteiger charge is -2.31. The number of benzene rings is 1. The third-order valence-electron chi connectivity index (χ3n) is 4.06. The molecule has 0 aliphatic carbocycles. The Bertz CT molecular complexity index is 430. The molecule has 1 fully saturated rings. The predicted octanol–water partition coefficient (Wildman–Crippen LogP) is 3.69. The molecular weight excluding hydrogens is 275 g/mol. The zero-order valence-electron chi connectivity index (χ0n) is 12.3. The van der Waals surface area contributed by atoms with Crippen molar-refractivity contribution in [3.63, 3.8) is 0 Å². The molecule has 0 amide bonds. The molecule has 1 aromatic rings. The Morgan fingerprint density at radius 2 is 2.00 bits per heavy atom. The minimum Gasteiger partial charge on any atom is -0.311 e. The van der Waals surface area contributed by atoms with Crippen LogP contribution in [0.3, 0.4) is 0 Å². The highest BCUT2D eigenvalue weighted by Crippen LogP contribution is 2.18. The summed E-state index contributed by atoms with van der Waals surface area (Å²) in [5, 5.41) is 3.97. The van der Waals surface area contributed by atoms with Gasteiger partial charge in [-0.1, -0.05) is 25.4 Å². The number of halogens is 2. The van der Waals surface area contributed by atoms with Crippen molar-refractivity contribution in [2.24, 2.45) is 5.92 Å². The lowest BCUT2D eigenvalue weighted by atomic mass is 10.0. The molecule has 1 heterocycles. The largest absolute Gasteiger partial charge is 0.311 e. The standard InChI is InChI=1S/C16H24ClFN2/c1-12(2)16(20-7-3-4-8-20)11-19-10-13-9-14(17)5-6-15(13)18/h5-6,9,12,16,19H,3-4,7-8,10-11H2,1-2H3. The normalized spacial score (nSPS) is 17.9. The topological polar surface area (TPSA) is 15.3 Å². The van der Waals surface area contributed by atoms with E-state index in [1.165, 1.54) is 32.0 Å². The molecule has 1 saturated heterocycles. The van der Waals surface area contributed by atoms with Gasteiger partial charge in [0, 0.05) is 29.7 Å². The minimum absolute atomic E-state index is 0.191. The average molecular weight is 299 g/mol. The second kappa shape index (κ2) is 7.39. The van der Waals surface area contributed by atoms with E-state index in [1.54, 1.807) is 12.1 Å². The SMILES string of the molecule is CC(C)C(CNCc1cc(Cl)ccc1F)N1CCCC1. The van der Waals surface area contributed by atoms with Gasteiger partial charge in [-0.25, -0.2) is 4.39 Å². The van der Waals surface area contributed by atoms with Gasteiger partial charge in [-0.15, -0.1) is 0 Å². The average Bonchev–Trinajstić information content (AvgIpc) is 2.91. The Kier molecular flexibility index (Phi) is 5.82. The molecule has 1 atom stereocenters. The molecule has 0 bridgehead atoms. The lowest BCUT2D eigenvalue weighted by Crippen LogP contribution is -2.44. The van der Waals surface area contributed by atoms with Crippen LogP contribution in [0.2, 0.25) is 5.02 Å². The lowest BCUT2D eigenvalue weighted by molar-refractivity contribution is 0.186. The Balaban J connectivity index is 1.88. The summed E-state index contributed by atoms with van der Waals surface area (Å²) in [5.41, 5.74) is 0.640. The summed E-state index contributed by atoms with van der Waals surface area (Å²) in [5.74, 6) is 0.411. The monoisotopic (exact) mass is 298 g/mol. The van der Waals surface area contributed by atoms with E-state index in [1.807, 2.05) is 0 Å². The van der Waals surface area contributed by atoms with Crippen molar-refractivity contribution >= 4 is 11.6 Å². The quantitative estimate of drug-likeness (QED) is 0.862. The summed E-state index contributed by atoms with van der Waals surface area (Å²) in [6.45, 7) is 8.31. The number of nitrogens with zero attached hydrogens (tertiary/aromatic N) is 1. The number of hydrogen-bond acceptors (Lipinski definition) is 2. The molecule has 1 aliphatic rings. The van der Waals surface area contributed by atoms with Gasteiger partial charge in [-0.2, -0.15) is 0 Å². The van der Waals surface area contributed by atoms with Gasteiger partial charge in [-0.05, 0) is 50.0 Å². The minimum atomic E-state index is -0.191. The van der Waals surface area contributed by atoms with E-state index in [0.717, 1.165) is 6.54 Å². The van der Waals surface area contributed by atoms with E-state index < -0.39 is 0 Å². The van der Waals surface area contributed by atoms with Crippen LogP contribution in [-0.2, 0) is 6.54 Å². The first-order valence-corrected chi connectivity index (χ1v) is 7.84. The van der Waals surface area contributed by atoms with Crippen LogP contribution in [0, 0.1) is 11.7 Å². The molecule has 1 aliphatic heterocycles. The molecule has 0 radical (unpaired) electrons. The van der Waals surface area contributed by atoms with Crippen LogP contribution < -0.4 is 5.32 Å². The number of rotatable bonds is 6. The van der Waals surface area contributed by atoms with Gasteiger partial charge in [0.1, 0.15) is 5.82 Å². The zero-order chi connectivity index (χ0) is 14.5. The third-order valence-corrected chi connectivity index (χ3v) is 4.29. The molecule has 0 spiro atoms. The molecule has 2 nitrogen and oxygen atoms in total. The van der Waals surface area contributed by atoms with Crippen LogP contribution in [0.1, 0.15) is 32.3 Å². The van der Waals surface area contributed by atoms with E-state index in [4.69, 9.17) is 11.6 Å². The maximum atomic E-state index is 13.6. The summed E-state index contributed by atoms with van der Waals surface area (Å²) in [4.78, 5) is 2.55. The van der Waals surface area contributed by atoms with Gasteiger partial charge in [0.25, 0.3) is 0 Å². The molecule has 20 heavy (non-hydrogen) atoms. The van der Waals surface area contributed by atoms with Crippen LogP contribution in [0.25, 0.3) is 0 Å². The summed E-state index contributed by atoms with van der Waals surface area (Å²) >= 11 is 5.91. The Morgan fingerprint density at radius 1 is 1.30 bits per heavy atom. The molecule has 1 unspecified atom stereocenters. The van der Waals surface area contributed by atoms with Crippen molar-refractivity contribution in [1.82, 2.24) is 10.2 Å². The smallest absolute Gasteiger partial charge is 0.127 e. The molecule has 0 aromatic heterocycles. The van der Waals surface area contributed by atoms with Gasteiger partial charge in [0.05, 0.1) is 0 Å². The van der Waals surface area contributed by atoms with Crippen molar-refractivity contribution < 1.29 is 4.39 Å². The molecule has 1 N–H and O–H groups in total. The summed E-state index contributed by atoms with van der Waals surface area (Å²) in [6.07, 6.45) is 2.60.